The lowest BCUT2D eigenvalue weighted by Crippen LogP contribution is -2.37. The molecule has 2 unspecified atom stereocenters. The first kappa shape index (κ1) is 8.51. The van der Waals surface area contributed by atoms with E-state index < -0.39 is 9.84 Å². The Morgan fingerprint density at radius 2 is 2.00 bits per heavy atom. The maximum Gasteiger partial charge on any atom is 0.154 e. The summed E-state index contributed by atoms with van der Waals surface area (Å²) in [6.45, 7) is 0.997. The monoisotopic (exact) mass is 189 g/mol. The Morgan fingerprint density at radius 3 is 2.50 bits per heavy atom. The summed E-state index contributed by atoms with van der Waals surface area (Å²) in [5.74, 6) is 0.413. The maximum absolute atomic E-state index is 11.5. The molecule has 2 rings (SSSR count). The molecular weight excluding hydrogens is 174 g/mol. The van der Waals surface area contributed by atoms with E-state index in [2.05, 4.69) is 5.32 Å². The largest absolute Gasteiger partial charge is 0.313 e. The van der Waals surface area contributed by atoms with Crippen molar-refractivity contribution in [3.05, 3.63) is 0 Å². The lowest BCUT2D eigenvalue weighted by atomic mass is 10.1. The number of rotatable bonds is 1. The van der Waals surface area contributed by atoms with Crippen LogP contribution in [0.1, 0.15) is 25.7 Å². The van der Waals surface area contributed by atoms with Gasteiger partial charge in [0, 0.05) is 6.04 Å². The second-order valence-corrected chi connectivity index (χ2v) is 6.09. The first-order valence-corrected chi connectivity index (χ1v) is 6.37. The average molecular weight is 189 g/mol. The highest BCUT2D eigenvalue weighted by Crippen LogP contribution is 2.26. The van der Waals surface area contributed by atoms with E-state index in [0.717, 1.165) is 32.2 Å². The van der Waals surface area contributed by atoms with Crippen molar-refractivity contribution in [1.29, 1.82) is 0 Å². The zero-order valence-electron chi connectivity index (χ0n) is 7.12. The van der Waals surface area contributed by atoms with Gasteiger partial charge in [-0.1, -0.05) is 0 Å². The molecule has 0 spiro atoms. The number of hydrogen-bond donors (Lipinski definition) is 1. The minimum Gasteiger partial charge on any atom is -0.313 e. The molecule has 0 aliphatic carbocycles. The van der Waals surface area contributed by atoms with Crippen LogP contribution in [0.5, 0.6) is 0 Å². The molecule has 2 heterocycles. The Balaban J connectivity index is 2.12. The van der Waals surface area contributed by atoms with E-state index in [9.17, 15) is 8.42 Å². The molecule has 2 saturated heterocycles. The van der Waals surface area contributed by atoms with Gasteiger partial charge < -0.3 is 5.32 Å². The van der Waals surface area contributed by atoms with Crippen molar-refractivity contribution < 1.29 is 8.42 Å². The molecule has 0 amide bonds. The van der Waals surface area contributed by atoms with E-state index in [0.29, 0.717) is 5.75 Å². The molecule has 4 heteroatoms. The van der Waals surface area contributed by atoms with Crippen LogP contribution in [0.3, 0.4) is 0 Å². The van der Waals surface area contributed by atoms with E-state index in [-0.39, 0.29) is 11.3 Å². The Hall–Kier alpha value is -0.0900. The van der Waals surface area contributed by atoms with E-state index in [1.807, 2.05) is 0 Å². The van der Waals surface area contributed by atoms with E-state index in [1.54, 1.807) is 0 Å². The van der Waals surface area contributed by atoms with Crippen LogP contribution in [0, 0.1) is 0 Å². The van der Waals surface area contributed by atoms with E-state index in [4.69, 9.17) is 0 Å². The molecule has 2 fully saturated rings. The zero-order chi connectivity index (χ0) is 8.60. The molecule has 0 saturated carbocycles. The SMILES string of the molecule is O=S1(=O)CCCC1C1CCCN1. The fourth-order valence-electron chi connectivity index (χ4n) is 2.30. The number of sulfone groups is 1. The van der Waals surface area contributed by atoms with E-state index >= 15 is 0 Å². The summed E-state index contributed by atoms with van der Waals surface area (Å²) < 4.78 is 23.0. The van der Waals surface area contributed by atoms with E-state index in [1.165, 1.54) is 0 Å². The molecule has 2 aliphatic heterocycles. The van der Waals surface area contributed by atoms with Crippen LogP contribution in [0.4, 0.5) is 0 Å². The van der Waals surface area contributed by atoms with Crippen LogP contribution in [-0.4, -0.2) is 32.0 Å². The highest BCUT2D eigenvalue weighted by Gasteiger charge is 2.38. The van der Waals surface area contributed by atoms with Crippen molar-refractivity contribution in [2.24, 2.45) is 0 Å². The molecule has 2 atom stereocenters. The second kappa shape index (κ2) is 3.00. The third-order valence-corrected chi connectivity index (χ3v) is 5.27. The molecule has 12 heavy (non-hydrogen) atoms. The molecule has 0 aromatic rings. The zero-order valence-corrected chi connectivity index (χ0v) is 7.94. The highest BCUT2D eigenvalue weighted by atomic mass is 32.2. The first-order valence-electron chi connectivity index (χ1n) is 4.65. The molecule has 0 bridgehead atoms. The predicted molar refractivity (Wildman–Crippen MR) is 47.8 cm³/mol. The molecule has 2 aliphatic rings. The summed E-state index contributed by atoms with van der Waals surface area (Å²) in [7, 11) is -2.73. The molecule has 70 valence electrons. The van der Waals surface area contributed by atoms with Crippen LogP contribution in [-0.2, 0) is 9.84 Å². The summed E-state index contributed by atoms with van der Waals surface area (Å²) in [6, 6.07) is 0.262. The summed E-state index contributed by atoms with van der Waals surface area (Å²) in [6.07, 6.45) is 3.92. The summed E-state index contributed by atoms with van der Waals surface area (Å²) >= 11 is 0. The topological polar surface area (TPSA) is 46.2 Å². The molecule has 3 nitrogen and oxygen atoms in total. The van der Waals surface area contributed by atoms with Crippen molar-refractivity contribution in [2.75, 3.05) is 12.3 Å². The third kappa shape index (κ3) is 1.38. The van der Waals surface area contributed by atoms with Gasteiger partial charge in [0.15, 0.2) is 9.84 Å². The lowest BCUT2D eigenvalue weighted by molar-refractivity contribution is 0.526. The van der Waals surface area contributed by atoms with Crippen molar-refractivity contribution in [2.45, 2.75) is 37.0 Å². The molecule has 0 aromatic heterocycles. The summed E-state index contributed by atoms with van der Waals surface area (Å²) in [5, 5.41) is 3.21. The maximum atomic E-state index is 11.5. The molecular formula is C8H15NO2S. The van der Waals surface area contributed by atoms with Crippen LogP contribution in [0.25, 0.3) is 0 Å². The molecule has 0 aromatic carbocycles. The van der Waals surface area contributed by atoms with Gasteiger partial charge in [-0.05, 0) is 32.2 Å². The van der Waals surface area contributed by atoms with Gasteiger partial charge in [-0.2, -0.15) is 0 Å². The highest BCUT2D eigenvalue weighted by molar-refractivity contribution is 7.92. The first-order chi connectivity index (χ1) is 5.70. The van der Waals surface area contributed by atoms with Crippen LogP contribution < -0.4 is 5.32 Å². The van der Waals surface area contributed by atoms with Crippen LogP contribution in [0.2, 0.25) is 0 Å². The van der Waals surface area contributed by atoms with Gasteiger partial charge in [0.2, 0.25) is 0 Å². The Kier molecular flexibility index (Phi) is 2.12. The minimum absolute atomic E-state index is 0.0694. The lowest BCUT2D eigenvalue weighted by Gasteiger charge is -2.16. The van der Waals surface area contributed by atoms with Crippen molar-refractivity contribution in [1.82, 2.24) is 5.32 Å². The fraction of sp³-hybridized carbons (Fsp3) is 1.00. The van der Waals surface area contributed by atoms with Crippen molar-refractivity contribution >= 4 is 9.84 Å². The quantitative estimate of drug-likeness (QED) is 0.646. The van der Waals surface area contributed by atoms with Gasteiger partial charge in [0.1, 0.15) is 0 Å². The second-order valence-electron chi connectivity index (χ2n) is 3.75. The van der Waals surface area contributed by atoms with Crippen LogP contribution in [0.15, 0.2) is 0 Å². The fourth-order valence-corrected chi connectivity index (χ4v) is 4.43. The average Bonchev–Trinajstić information content (AvgIpc) is 2.55. The summed E-state index contributed by atoms with van der Waals surface area (Å²) in [4.78, 5) is 0. The van der Waals surface area contributed by atoms with Crippen LogP contribution >= 0.6 is 0 Å². The number of nitrogens with one attached hydrogen (secondary N) is 1. The van der Waals surface area contributed by atoms with Crippen molar-refractivity contribution in [3.63, 3.8) is 0 Å². The Labute approximate surface area is 73.5 Å². The van der Waals surface area contributed by atoms with Gasteiger partial charge in [-0.3, -0.25) is 0 Å². The summed E-state index contributed by atoms with van der Waals surface area (Å²) in [5.41, 5.74) is 0. The Bertz CT molecular complexity index is 254. The van der Waals surface area contributed by atoms with Gasteiger partial charge in [-0.25, -0.2) is 8.42 Å². The van der Waals surface area contributed by atoms with Crippen molar-refractivity contribution in [3.8, 4) is 0 Å². The van der Waals surface area contributed by atoms with Gasteiger partial charge in [-0.15, -0.1) is 0 Å². The molecule has 1 N–H and O–H groups in total. The predicted octanol–water partition coefficient (Wildman–Crippen LogP) is 0.316. The third-order valence-electron chi connectivity index (χ3n) is 2.93. The smallest absolute Gasteiger partial charge is 0.154 e. The van der Waals surface area contributed by atoms with Gasteiger partial charge in [0.25, 0.3) is 0 Å². The normalized spacial score (nSPS) is 40.3. The standard InChI is InChI=1S/C8H15NO2S/c10-12(11)6-2-4-8(12)7-3-1-5-9-7/h7-9H,1-6H2. The number of hydrogen-bond acceptors (Lipinski definition) is 3. The van der Waals surface area contributed by atoms with Gasteiger partial charge >= 0.3 is 0 Å². The van der Waals surface area contributed by atoms with Gasteiger partial charge in [0.05, 0.1) is 11.0 Å². The minimum atomic E-state index is -2.73. The Morgan fingerprint density at radius 1 is 1.17 bits per heavy atom. The molecule has 0 radical (unpaired) electrons.